The highest BCUT2D eigenvalue weighted by molar-refractivity contribution is 5.06. The fraction of sp³-hybridized carbons (Fsp3) is 0.727. The third-order valence-electron chi connectivity index (χ3n) is 2.40. The van der Waals surface area contributed by atoms with Gasteiger partial charge in [0.25, 0.3) is 0 Å². The molecule has 1 aromatic rings. The topological polar surface area (TPSA) is 29.9 Å². The lowest BCUT2D eigenvalue weighted by Gasteiger charge is -2.19. The van der Waals surface area contributed by atoms with E-state index in [1.165, 1.54) is 0 Å². The predicted molar refractivity (Wildman–Crippen MR) is 59.7 cm³/mol. The smallest absolute Gasteiger partial charge is 0.313 e. The van der Waals surface area contributed by atoms with E-state index >= 15 is 0 Å². The lowest BCUT2D eigenvalue weighted by Crippen LogP contribution is -2.36. The van der Waals surface area contributed by atoms with E-state index in [0.717, 1.165) is 12.0 Å². The van der Waals surface area contributed by atoms with E-state index in [0.29, 0.717) is 13.0 Å². The summed E-state index contributed by atoms with van der Waals surface area (Å²) in [5.74, 6) is 0. The van der Waals surface area contributed by atoms with Gasteiger partial charge in [-0.1, -0.05) is 6.92 Å². The van der Waals surface area contributed by atoms with Crippen molar-refractivity contribution in [3.8, 4) is 0 Å². The highest BCUT2D eigenvalue weighted by atomic mass is 19.4. The summed E-state index contributed by atoms with van der Waals surface area (Å²) in [5, 5.41) is 6.88. The summed E-state index contributed by atoms with van der Waals surface area (Å²) >= 11 is 0. The molecule has 0 saturated heterocycles. The molecule has 6 heteroatoms. The van der Waals surface area contributed by atoms with Gasteiger partial charge in [-0.05, 0) is 24.9 Å². The Morgan fingerprint density at radius 1 is 1.47 bits per heavy atom. The minimum absolute atomic E-state index is 0.355. The van der Waals surface area contributed by atoms with Crippen molar-refractivity contribution in [3.05, 3.63) is 18.0 Å². The van der Waals surface area contributed by atoms with Crippen LogP contribution in [-0.2, 0) is 13.5 Å². The van der Waals surface area contributed by atoms with E-state index in [2.05, 4.69) is 10.4 Å². The molecule has 1 N–H and O–H groups in total. The molecule has 1 heterocycles. The van der Waals surface area contributed by atoms with Crippen molar-refractivity contribution in [1.82, 2.24) is 15.1 Å². The molecule has 0 aliphatic heterocycles. The number of rotatable bonds is 6. The van der Waals surface area contributed by atoms with Crippen LogP contribution in [0.5, 0.6) is 0 Å². The minimum atomic E-state index is -4.13. The van der Waals surface area contributed by atoms with Crippen molar-refractivity contribution >= 4 is 0 Å². The molecule has 0 aliphatic rings. The molecular formula is C11H18F3N3. The van der Waals surface area contributed by atoms with Gasteiger partial charge in [-0.15, -0.1) is 0 Å². The molecule has 0 saturated carbocycles. The first-order valence-electron chi connectivity index (χ1n) is 5.68. The molecule has 3 nitrogen and oxygen atoms in total. The van der Waals surface area contributed by atoms with Crippen molar-refractivity contribution in [1.29, 1.82) is 0 Å². The van der Waals surface area contributed by atoms with E-state index in [4.69, 9.17) is 0 Å². The first kappa shape index (κ1) is 14.0. The molecule has 1 unspecified atom stereocenters. The number of aromatic nitrogens is 2. The van der Waals surface area contributed by atoms with E-state index in [9.17, 15) is 13.2 Å². The lowest BCUT2D eigenvalue weighted by atomic mass is 10.1. The number of aryl methyl sites for hydroxylation is 1. The Hall–Kier alpha value is -1.04. The molecule has 0 bridgehead atoms. The highest BCUT2D eigenvalue weighted by Crippen LogP contribution is 2.23. The maximum Gasteiger partial charge on any atom is 0.390 e. The van der Waals surface area contributed by atoms with Gasteiger partial charge in [0.15, 0.2) is 0 Å². The van der Waals surface area contributed by atoms with Gasteiger partial charge in [0.2, 0.25) is 0 Å². The molecule has 17 heavy (non-hydrogen) atoms. The zero-order valence-electron chi connectivity index (χ0n) is 10.1. The van der Waals surface area contributed by atoms with Crippen molar-refractivity contribution < 1.29 is 13.2 Å². The summed E-state index contributed by atoms with van der Waals surface area (Å²) in [5.41, 5.74) is 0.824. The number of alkyl halides is 3. The molecular weight excluding hydrogens is 231 g/mol. The fourth-order valence-corrected chi connectivity index (χ4v) is 1.71. The first-order chi connectivity index (χ1) is 7.90. The van der Waals surface area contributed by atoms with Gasteiger partial charge < -0.3 is 5.32 Å². The summed E-state index contributed by atoms with van der Waals surface area (Å²) in [6.45, 7) is 2.53. The molecule has 1 atom stereocenters. The lowest BCUT2D eigenvalue weighted by molar-refractivity contribution is -0.139. The Bertz CT molecular complexity index is 333. The van der Waals surface area contributed by atoms with Crippen molar-refractivity contribution in [3.63, 3.8) is 0 Å². The molecule has 98 valence electrons. The Labute approximate surface area is 99.0 Å². The van der Waals surface area contributed by atoms with Crippen LogP contribution >= 0.6 is 0 Å². The normalized spacial score (nSPS) is 13.9. The van der Waals surface area contributed by atoms with Gasteiger partial charge in [0.1, 0.15) is 0 Å². The molecule has 0 fully saturated rings. The largest absolute Gasteiger partial charge is 0.390 e. The molecule has 1 rings (SSSR count). The molecule has 0 spiro atoms. The maximum absolute atomic E-state index is 12.4. The highest BCUT2D eigenvalue weighted by Gasteiger charge is 2.31. The Morgan fingerprint density at radius 3 is 2.65 bits per heavy atom. The predicted octanol–water partition coefficient (Wildman–Crippen LogP) is 2.28. The Balaban J connectivity index is 2.56. The van der Waals surface area contributed by atoms with E-state index < -0.39 is 18.6 Å². The third kappa shape index (κ3) is 5.72. The van der Waals surface area contributed by atoms with Crippen LogP contribution in [0.1, 0.15) is 25.3 Å². The number of hydrogen-bond acceptors (Lipinski definition) is 2. The SMILES string of the molecule is CCCNC(Cc1cnn(C)c1)CC(F)(F)F. The van der Waals surface area contributed by atoms with Crippen molar-refractivity contribution in [2.75, 3.05) is 6.54 Å². The zero-order valence-corrected chi connectivity index (χ0v) is 10.1. The van der Waals surface area contributed by atoms with E-state index in [1.807, 2.05) is 6.92 Å². The fourth-order valence-electron chi connectivity index (χ4n) is 1.71. The van der Waals surface area contributed by atoms with Crippen LogP contribution in [0.25, 0.3) is 0 Å². The molecule has 0 aliphatic carbocycles. The summed E-state index contributed by atoms with van der Waals surface area (Å²) in [6, 6.07) is -0.570. The van der Waals surface area contributed by atoms with Crippen LogP contribution in [0, 0.1) is 0 Å². The molecule has 0 amide bonds. The van der Waals surface area contributed by atoms with Crippen LogP contribution < -0.4 is 5.32 Å². The second-order valence-corrected chi connectivity index (χ2v) is 4.20. The van der Waals surface area contributed by atoms with Crippen LogP contribution in [0.2, 0.25) is 0 Å². The summed E-state index contributed by atoms with van der Waals surface area (Å²) in [6.07, 6.45) is -0.405. The maximum atomic E-state index is 12.4. The van der Waals surface area contributed by atoms with E-state index in [-0.39, 0.29) is 0 Å². The third-order valence-corrected chi connectivity index (χ3v) is 2.40. The van der Waals surface area contributed by atoms with Gasteiger partial charge in [0, 0.05) is 19.3 Å². The van der Waals surface area contributed by atoms with Gasteiger partial charge in [-0.3, -0.25) is 4.68 Å². The minimum Gasteiger partial charge on any atom is -0.313 e. The zero-order chi connectivity index (χ0) is 12.9. The van der Waals surface area contributed by atoms with Gasteiger partial charge in [-0.25, -0.2) is 0 Å². The standard InChI is InChI=1S/C11H18F3N3/c1-3-4-15-10(6-11(12,13)14)5-9-7-16-17(2)8-9/h7-8,10,15H,3-6H2,1-2H3. The Morgan fingerprint density at radius 2 is 2.18 bits per heavy atom. The second kappa shape index (κ2) is 6.05. The number of nitrogens with zero attached hydrogens (tertiary/aromatic N) is 2. The molecule has 0 aromatic carbocycles. The quantitative estimate of drug-likeness (QED) is 0.838. The van der Waals surface area contributed by atoms with Crippen LogP contribution in [-0.4, -0.2) is 28.5 Å². The second-order valence-electron chi connectivity index (χ2n) is 4.20. The van der Waals surface area contributed by atoms with Crippen LogP contribution in [0.15, 0.2) is 12.4 Å². The number of hydrogen-bond donors (Lipinski definition) is 1. The van der Waals surface area contributed by atoms with E-state index in [1.54, 1.807) is 24.1 Å². The molecule has 1 aromatic heterocycles. The summed E-state index contributed by atoms with van der Waals surface area (Å²) < 4.78 is 38.7. The monoisotopic (exact) mass is 249 g/mol. The van der Waals surface area contributed by atoms with Crippen molar-refractivity contribution in [2.24, 2.45) is 7.05 Å². The van der Waals surface area contributed by atoms with Gasteiger partial charge in [0.05, 0.1) is 12.6 Å². The average Bonchev–Trinajstić information content (AvgIpc) is 2.58. The first-order valence-corrected chi connectivity index (χ1v) is 5.68. The number of nitrogens with one attached hydrogen (secondary N) is 1. The summed E-state index contributed by atoms with van der Waals surface area (Å²) in [7, 11) is 1.75. The van der Waals surface area contributed by atoms with Crippen LogP contribution in [0.4, 0.5) is 13.2 Å². The van der Waals surface area contributed by atoms with Crippen LogP contribution in [0.3, 0.4) is 0 Å². The Kier molecular flexibility index (Phi) is 4.99. The average molecular weight is 249 g/mol. The van der Waals surface area contributed by atoms with Gasteiger partial charge >= 0.3 is 6.18 Å². The number of halogens is 3. The van der Waals surface area contributed by atoms with Crippen molar-refractivity contribution in [2.45, 2.75) is 38.4 Å². The molecule has 0 radical (unpaired) electrons. The van der Waals surface area contributed by atoms with Gasteiger partial charge in [-0.2, -0.15) is 18.3 Å². The summed E-state index contributed by atoms with van der Waals surface area (Å²) in [4.78, 5) is 0.